The van der Waals surface area contributed by atoms with E-state index < -0.39 is 0 Å². The molecule has 1 amide bonds. The first-order valence-electron chi connectivity index (χ1n) is 6.85. The minimum atomic E-state index is -0.354. The van der Waals surface area contributed by atoms with Gasteiger partial charge in [0.05, 0.1) is 0 Å². The van der Waals surface area contributed by atoms with Gasteiger partial charge in [0.2, 0.25) is 5.91 Å². The molecule has 0 aromatic heterocycles. The van der Waals surface area contributed by atoms with E-state index in [9.17, 15) is 4.79 Å². The van der Waals surface area contributed by atoms with Crippen LogP contribution in [-0.4, -0.2) is 12.5 Å². The van der Waals surface area contributed by atoms with Crippen LogP contribution < -0.4 is 11.1 Å². The fourth-order valence-electron chi connectivity index (χ4n) is 2.70. The highest BCUT2D eigenvalue weighted by molar-refractivity contribution is 5.81. The van der Waals surface area contributed by atoms with E-state index in [0.717, 1.165) is 12.1 Å². The van der Waals surface area contributed by atoms with Gasteiger partial charge < -0.3 is 11.1 Å². The second-order valence-corrected chi connectivity index (χ2v) is 5.16. The van der Waals surface area contributed by atoms with Crippen LogP contribution >= 0.6 is 0 Å². The normalized spacial score (nSPS) is 18.4. The third kappa shape index (κ3) is 3.57. The summed E-state index contributed by atoms with van der Waals surface area (Å²) in [5, 5.41) is 3.33. The molecule has 3 N–H and O–H groups in total. The zero-order valence-electron chi connectivity index (χ0n) is 10.8. The Hall–Kier alpha value is -1.35. The van der Waals surface area contributed by atoms with Crippen molar-refractivity contribution in [3.8, 4) is 0 Å². The number of benzene rings is 1. The monoisotopic (exact) mass is 246 g/mol. The second-order valence-electron chi connectivity index (χ2n) is 5.16. The molecule has 1 aliphatic rings. The molecule has 3 heteroatoms. The lowest BCUT2D eigenvalue weighted by Crippen LogP contribution is -2.36. The number of nitrogens with two attached hydrogens (primary N) is 1. The number of rotatable bonds is 5. The Kier molecular flexibility index (Phi) is 4.76. The van der Waals surface area contributed by atoms with Gasteiger partial charge in [0.15, 0.2) is 0 Å². The van der Waals surface area contributed by atoms with Crippen molar-refractivity contribution in [3.63, 3.8) is 0 Å². The molecule has 1 fully saturated rings. The molecule has 0 saturated heterocycles. The summed E-state index contributed by atoms with van der Waals surface area (Å²) in [5.41, 5.74) is 6.44. The lowest BCUT2D eigenvalue weighted by Gasteiger charge is -2.24. The van der Waals surface area contributed by atoms with Crippen LogP contribution in [0.2, 0.25) is 0 Å². The van der Waals surface area contributed by atoms with Gasteiger partial charge in [0.25, 0.3) is 0 Å². The molecular formula is C15H22N2O. The minimum absolute atomic E-state index is 0.294. The van der Waals surface area contributed by atoms with Crippen molar-refractivity contribution in [2.24, 2.45) is 11.7 Å². The molecule has 0 radical (unpaired) electrons. The molecular weight excluding hydrogens is 224 g/mol. The Morgan fingerprint density at radius 2 is 1.89 bits per heavy atom. The van der Waals surface area contributed by atoms with Crippen LogP contribution in [0.5, 0.6) is 0 Å². The van der Waals surface area contributed by atoms with Gasteiger partial charge in [-0.2, -0.15) is 0 Å². The molecule has 1 saturated carbocycles. The van der Waals surface area contributed by atoms with E-state index in [-0.39, 0.29) is 11.9 Å². The van der Waals surface area contributed by atoms with E-state index in [1.165, 1.54) is 32.1 Å². The molecule has 98 valence electrons. The molecule has 0 unspecified atom stereocenters. The van der Waals surface area contributed by atoms with Crippen molar-refractivity contribution >= 4 is 5.91 Å². The van der Waals surface area contributed by atoms with Crippen molar-refractivity contribution in [1.29, 1.82) is 0 Å². The van der Waals surface area contributed by atoms with E-state index in [1.54, 1.807) is 0 Å². The maximum Gasteiger partial charge on any atom is 0.239 e. The molecule has 0 aliphatic heterocycles. The number of carbonyl (C=O) groups is 1. The van der Waals surface area contributed by atoms with Crippen LogP contribution in [0.15, 0.2) is 30.3 Å². The SMILES string of the molecule is NC(=O)[C@@H](NCC1CCCCC1)c1ccccc1. The van der Waals surface area contributed by atoms with Crippen molar-refractivity contribution in [2.75, 3.05) is 6.54 Å². The Balaban J connectivity index is 1.92. The van der Waals surface area contributed by atoms with Crippen LogP contribution in [0, 0.1) is 5.92 Å². The van der Waals surface area contributed by atoms with Gasteiger partial charge in [0.1, 0.15) is 6.04 Å². The number of primary amides is 1. The third-order valence-electron chi connectivity index (χ3n) is 3.75. The van der Waals surface area contributed by atoms with Crippen LogP contribution in [0.25, 0.3) is 0 Å². The topological polar surface area (TPSA) is 55.1 Å². The minimum Gasteiger partial charge on any atom is -0.368 e. The van der Waals surface area contributed by atoms with Gasteiger partial charge in [-0.25, -0.2) is 0 Å². The summed E-state index contributed by atoms with van der Waals surface area (Å²) in [7, 11) is 0. The lowest BCUT2D eigenvalue weighted by molar-refractivity contribution is -0.120. The molecule has 1 aromatic carbocycles. The van der Waals surface area contributed by atoms with Gasteiger partial charge >= 0.3 is 0 Å². The average molecular weight is 246 g/mol. The van der Waals surface area contributed by atoms with E-state index in [4.69, 9.17) is 5.73 Å². The number of nitrogens with one attached hydrogen (secondary N) is 1. The number of hydrogen-bond acceptors (Lipinski definition) is 2. The third-order valence-corrected chi connectivity index (χ3v) is 3.75. The Bertz CT molecular complexity index is 371. The molecule has 18 heavy (non-hydrogen) atoms. The summed E-state index contributed by atoms with van der Waals surface area (Å²) in [4.78, 5) is 11.5. The number of hydrogen-bond donors (Lipinski definition) is 2. The maximum atomic E-state index is 11.5. The van der Waals surface area contributed by atoms with Crippen molar-refractivity contribution in [2.45, 2.75) is 38.1 Å². The number of carbonyl (C=O) groups excluding carboxylic acids is 1. The van der Waals surface area contributed by atoms with E-state index >= 15 is 0 Å². The summed E-state index contributed by atoms with van der Waals surface area (Å²) >= 11 is 0. The highest BCUT2D eigenvalue weighted by Gasteiger charge is 2.20. The molecule has 2 rings (SSSR count). The quantitative estimate of drug-likeness (QED) is 0.838. The standard InChI is InChI=1S/C15H22N2O/c16-15(18)14(13-9-5-2-6-10-13)17-11-12-7-3-1-4-8-12/h2,5-6,9-10,12,14,17H,1,3-4,7-8,11H2,(H2,16,18)/t14-/m0/s1. The molecule has 0 bridgehead atoms. The van der Waals surface area contributed by atoms with E-state index in [1.807, 2.05) is 30.3 Å². The van der Waals surface area contributed by atoms with Gasteiger partial charge in [-0.15, -0.1) is 0 Å². The van der Waals surface area contributed by atoms with Crippen molar-refractivity contribution < 1.29 is 4.79 Å². The summed E-state index contributed by atoms with van der Waals surface area (Å²) < 4.78 is 0. The van der Waals surface area contributed by atoms with Gasteiger partial charge in [-0.1, -0.05) is 49.6 Å². The Labute approximate surface area is 109 Å². The van der Waals surface area contributed by atoms with Crippen LogP contribution in [0.4, 0.5) is 0 Å². The van der Waals surface area contributed by atoms with Crippen LogP contribution in [0.1, 0.15) is 43.7 Å². The molecule has 1 aromatic rings. The van der Waals surface area contributed by atoms with Gasteiger partial charge in [-0.3, -0.25) is 4.79 Å². The highest BCUT2D eigenvalue weighted by Crippen LogP contribution is 2.23. The lowest BCUT2D eigenvalue weighted by atomic mass is 9.89. The Morgan fingerprint density at radius 1 is 1.22 bits per heavy atom. The summed E-state index contributed by atoms with van der Waals surface area (Å²) in [6, 6.07) is 9.37. The highest BCUT2D eigenvalue weighted by atomic mass is 16.1. The predicted molar refractivity (Wildman–Crippen MR) is 73.0 cm³/mol. The Morgan fingerprint density at radius 3 is 2.50 bits per heavy atom. The smallest absolute Gasteiger partial charge is 0.239 e. The predicted octanol–water partition coefficient (Wildman–Crippen LogP) is 2.38. The molecule has 1 aliphatic carbocycles. The summed E-state index contributed by atoms with van der Waals surface area (Å²) in [6.45, 7) is 0.891. The zero-order valence-corrected chi connectivity index (χ0v) is 10.8. The molecule has 0 spiro atoms. The van der Waals surface area contributed by atoms with E-state index in [0.29, 0.717) is 5.92 Å². The van der Waals surface area contributed by atoms with Crippen LogP contribution in [-0.2, 0) is 4.79 Å². The first-order valence-corrected chi connectivity index (χ1v) is 6.85. The summed E-state index contributed by atoms with van der Waals surface area (Å²) in [5.74, 6) is 0.404. The first-order chi connectivity index (χ1) is 8.77. The average Bonchev–Trinajstić information content (AvgIpc) is 2.41. The summed E-state index contributed by atoms with van der Waals surface area (Å²) in [6.07, 6.45) is 6.53. The second kappa shape index (κ2) is 6.55. The largest absolute Gasteiger partial charge is 0.368 e. The van der Waals surface area contributed by atoms with Crippen molar-refractivity contribution in [1.82, 2.24) is 5.32 Å². The molecule has 3 nitrogen and oxygen atoms in total. The zero-order chi connectivity index (χ0) is 12.8. The number of amides is 1. The maximum absolute atomic E-state index is 11.5. The van der Waals surface area contributed by atoms with Crippen molar-refractivity contribution in [3.05, 3.63) is 35.9 Å². The fraction of sp³-hybridized carbons (Fsp3) is 0.533. The van der Waals surface area contributed by atoms with Crippen LogP contribution in [0.3, 0.4) is 0 Å². The van der Waals surface area contributed by atoms with Gasteiger partial charge in [0, 0.05) is 0 Å². The fourth-order valence-corrected chi connectivity index (χ4v) is 2.70. The first kappa shape index (κ1) is 13.1. The van der Waals surface area contributed by atoms with E-state index in [2.05, 4.69) is 5.32 Å². The molecule has 0 heterocycles. The molecule has 1 atom stereocenters. The van der Waals surface area contributed by atoms with Gasteiger partial charge in [-0.05, 0) is 30.9 Å².